The maximum atomic E-state index is 13.3. The number of rotatable bonds is 10. The minimum atomic E-state index is -0.891. The molecule has 1 aliphatic heterocycles. The summed E-state index contributed by atoms with van der Waals surface area (Å²) in [6.45, 7) is 2.13. The summed E-state index contributed by atoms with van der Waals surface area (Å²) in [7, 11) is 1.44. The zero-order valence-electron chi connectivity index (χ0n) is 21.7. The van der Waals surface area contributed by atoms with Crippen LogP contribution in [0.4, 0.5) is 16.2 Å². The minimum absolute atomic E-state index is 0.197. The molecule has 11 heteroatoms. The summed E-state index contributed by atoms with van der Waals surface area (Å²) in [6, 6.07) is 17.0. The van der Waals surface area contributed by atoms with E-state index in [9.17, 15) is 19.2 Å². The predicted molar refractivity (Wildman–Crippen MR) is 150 cm³/mol. The summed E-state index contributed by atoms with van der Waals surface area (Å²) in [4.78, 5) is 51.7. The summed E-state index contributed by atoms with van der Waals surface area (Å²) in [5.41, 5.74) is 0.831. The van der Waals surface area contributed by atoms with Gasteiger partial charge in [-0.05, 0) is 54.5 Å². The molecule has 0 bridgehead atoms. The van der Waals surface area contributed by atoms with Crippen molar-refractivity contribution in [3.05, 3.63) is 82.9 Å². The number of ether oxygens (including phenoxy) is 3. The molecule has 2 N–H and O–H groups in total. The second-order valence-corrected chi connectivity index (χ2v) is 8.94. The smallest absolute Gasteiger partial charge is 0.335 e. The average molecular weight is 564 g/mol. The van der Waals surface area contributed by atoms with Crippen LogP contribution in [0.25, 0.3) is 6.08 Å². The van der Waals surface area contributed by atoms with E-state index < -0.39 is 23.8 Å². The van der Waals surface area contributed by atoms with Crippen LogP contribution in [0.15, 0.2) is 72.3 Å². The van der Waals surface area contributed by atoms with Crippen molar-refractivity contribution in [2.75, 3.05) is 30.5 Å². The fourth-order valence-corrected chi connectivity index (χ4v) is 3.96. The Labute approximate surface area is 235 Å². The Morgan fingerprint density at radius 2 is 1.80 bits per heavy atom. The van der Waals surface area contributed by atoms with Gasteiger partial charge < -0.3 is 19.5 Å². The molecule has 4 rings (SSSR count). The van der Waals surface area contributed by atoms with Gasteiger partial charge in [0.1, 0.15) is 11.3 Å². The molecule has 1 saturated heterocycles. The van der Waals surface area contributed by atoms with Crippen LogP contribution in [0.1, 0.15) is 18.9 Å². The lowest BCUT2D eigenvalue weighted by molar-refractivity contribution is -0.122. The molecule has 10 nitrogen and oxygen atoms in total. The fraction of sp³-hybridized carbons (Fsp3) is 0.172. The topological polar surface area (TPSA) is 123 Å². The van der Waals surface area contributed by atoms with E-state index in [-0.39, 0.29) is 17.9 Å². The van der Waals surface area contributed by atoms with E-state index in [1.54, 1.807) is 54.6 Å². The van der Waals surface area contributed by atoms with E-state index in [4.69, 9.17) is 25.8 Å². The number of methoxy groups -OCH3 is 1. The number of barbiturate groups is 1. The van der Waals surface area contributed by atoms with Crippen LogP contribution >= 0.6 is 11.6 Å². The molecule has 40 heavy (non-hydrogen) atoms. The summed E-state index contributed by atoms with van der Waals surface area (Å²) in [5.74, 6) is -0.961. The number of carbonyl (C=O) groups is 4. The van der Waals surface area contributed by atoms with Gasteiger partial charge in [0, 0.05) is 6.07 Å². The number of nitrogens with one attached hydrogen (secondary N) is 2. The standard InChI is InChI=1S/C29H26ClN3O7/c1-3-13-39-24-12-11-19(16-25(24)38-2)33-28(36)21(27(35)32-29(33)37)15-18-7-6-8-20(14-18)40-17-26(34)31-23-10-5-4-9-22(23)30/h4-12,14-16H,3,13,17H2,1-2H3,(H,31,34)(H,32,35,37)/b21-15-. The van der Waals surface area contributed by atoms with Crippen molar-refractivity contribution in [3.63, 3.8) is 0 Å². The predicted octanol–water partition coefficient (Wildman–Crippen LogP) is 4.82. The van der Waals surface area contributed by atoms with Crippen molar-refractivity contribution in [2.45, 2.75) is 13.3 Å². The van der Waals surface area contributed by atoms with Crippen molar-refractivity contribution < 1.29 is 33.4 Å². The molecule has 0 radical (unpaired) electrons. The largest absolute Gasteiger partial charge is 0.493 e. The van der Waals surface area contributed by atoms with E-state index in [1.165, 1.54) is 25.3 Å². The third-order valence-corrected chi connectivity index (χ3v) is 5.99. The number of anilines is 2. The Hall–Kier alpha value is -4.83. The molecule has 3 aromatic carbocycles. The molecule has 0 spiro atoms. The molecule has 1 aliphatic rings. The summed E-state index contributed by atoms with van der Waals surface area (Å²) >= 11 is 6.06. The van der Waals surface area contributed by atoms with Gasteiger partial charge in [0.25, 0.3) is 17.7 Å². The van der Waals surface area contributed by atoms with Gasteiger partial charge in [0.05, 0.1) is 30.1 Å². The molecule has 0 atom stereocenters. The van der Waals surface area contributed by atoms with Gasteiger partial charge in [-0.2, -0.15) is 0 Å². The van der Waals surface area contributed by atoms with Crippen LogP contribution in [0.2, 0.25) is 5.02 Å². The first kappa shape index (κ1) is 28.2. The molecule has 0 unspecified atom stereocenters. The number of para-hydroxylation sites is 1. The van der Waals surface area contributed by atoms with Crippen LogP contribution in [0.3, 0.4) is 0 Å². The van der Waals surface area contributed by atoms with Gasteiger partial charge >= 0.3 is 6.03 Å². The van der Waals surface area contributed by atoms with Crippen molar-refractivity contribution in [2.24, 2.45) is 0 Å². The third kappa shape index (κ3) is 6.59. The second kappa shape index (κ2) is 12.8. The molecule has 1 heterocycles. The molecule has 0 aromatic heterocycles. The number of nitrogens with zero attached hydrogens (tertiary/aromatic N) is 1. The summed E-state index contributed by atoms with van der Waals surface area (Å²) in [6.07, 6.45) is 2.12. The molecule has 1 fully saturated rings. The normalized spacial score (nSPS) is 14.1. The molecule has 0 aliphatic carbocycles. The first-order chi connectivity index (χ1) is 19.3. The number of carbonyl (C=O) groups excluding carboxylic acids is 4. The number of hydrogen-bond donors (Lipinski definition) is 2. The van der Waals surface area contributed by atoms with Crippen LogP contribution in [-0.2, 0) is 14.4 Å². The van der Waals surface area contributed by atoms with Crippen molar-refractivity contribution >= 4 is 52.8 Å². The quantitative estimate of drug-likeness (QED) is 0.268. The lowest BCUT2D eigenvalue weighted by atomic mass is 10.1. The van der Waals surface area contributed by atoms with E-state index in [1.807, 2.05) is 6.92 Å². The maximum Gasteiger partial charge on any atom is 0.335 e. The molecule has 0 saturated carbocycles. The van der Waals surface area contributed by atoms with Crippen LogP contribution in [-0.4, -0.2) is 44.1 Å². The Kier molecular flexibility index (Phi) is 9.03. The fourth-order valence-electron chi connectivity index (χ4n) is 3.78. The number of amides is 5. The van der Waals surface area contributed by atoms with Gasteiger partial charge in [-0.1, -0.05) is 42.8 Å². The molecular weight excluding hydrogens is 538 g/mol. The number of benzene rings is 3. The number of urea groups is 1. The summed E-state index contributed by atoms with van der Waals surface area (Å²) in [5, 5.41) is 5.24. The highest BCUT2D eigenvalue weighted by Gasteiger charge is 2.37. The van der Waals surface area contributed by atoms with E-state index in [0.717, 1.165) is 11.3 Å². The van der Waals surface area contributed by atoms with Gasteiger partial charge in [-0.15, -0.1) is 0 Å². The van der Waals surface area contributed by atoms with Gasteiger partial charge in [-0.3, -0.25) is 19.7 Å². The van der Waals surface area contributed by atoms with Crippen molar-refractivity contribution in [1.29, 1.82) is 0 Å². The van der Waals surface area contributed by atoms with Crippen LogP contribution in [0.5, 0.6) is 17.2 Å². The first-order valence-corrected chi connectivity index (χ1v) is 12.7. The first-order valence-electron chi connectivity index (χ1n) is 12.3. The molecule has 5 amide bonds. The lowest BCUT2D eigenvalue weighted by Gasteiger charge is -2.27. The highest BCUT2D eigenvalue weighted by molar-refractivity contribution is 6.39. The second-order valence-electron chi connectivity index (χ2n) is 8.53. The SMILES string of the molecule is CCCOc1ccc(N2C(=O)NC(=O)/C(=C/c3cccc(OCC(=O)Nc4ccccc4Cl)c3)C2=O)cc1OC. The highest BCUT2D eigenvalue weighted by atomic mass is 35.5. The molecule has 206 valence electrons. The Balaban J connectivity index is 1.51. The number of hydrogen-bond acceptors (Lipinski definition) is 7. The molecule has 3 aromatic rings. The zero-order valence-corrected chi connectivity index (χ0v) is 22.5. The third-order valence-electron chi connectivity index (χ3n) is 5.66. The average Bonchev–Trinajstić information content (AvgIpc) is 2.94. The van der Waals surface area contributed by atoms with Crippen LogP contribution in [0, 0.1) is 0 Å². The monoisotopic (exact) mass is 563 g/mol. The Morgan fingerprint density at radius 3 is 2.55 bits per heavy atom. The minimum Gasteiger partial charge on any atom is -0.493 e. The van der Waals surface area contributed by atoms with E-state index >= 15 is 0 Å². The van der Waals surface area contributed by atoms with Crippen LogP contribution < -0.4 is 29.7 Å². The highest BCUT2D eigenvalue weighted by Crippen LogP contribution is 2.33. The molecular formula is C29H26ClN3O7. The zero-order chi connectivity index (χ0) is 28.6. The van der Waals surface area contributed by atoms with Crippen molar-refractivity contribution in [1.82, 2.24) is 5.32 Å². The Morgan fingerprint density at radius 1 is 1.00 bits per heavy atom. The maximum absolute atomic E-state index is 13.3. The number of halogens is 1. The van der Waals surface area contributed by atoms with Gasteiger partial charge in [0.15, 0.2) is 18.1 Å². The van der Waals surface area contributed by atoms with E-state index in [0.29, 0.717) is 40.1 Å². The Bertz CT molecular complexity index is 1490. The van der Waals surface area contributed by atoms with Gasteiger partial charge in [-0.25, -0.2) is 9.69 Å². The summed E-state index contributed by atoms with van der Waals surface area (Å²) < 4.78 is 16.6. The lowest BCUT2D eigenvalue weighted by Crippen LogP contribution is -2.54. The number of imide groups is 2. The van der Waals surface area contributed by atoms with E-state index in [2.05, 4.69) is 10.6 Å². The van der Waals surface area contributed by atoms with Gasteiger partial charge in [0.2, 0.25) is 0 Å². The van der Waals surface area contributed by atoms with Crippen molar-refractivity contribution in [3.8, 4) is 17.2 Å².